The highest BCUT2D eigenvalue weighted by molar-refractivity contribution is 6.09. The molecule has 5 N–H and O–H groups in total. The van der Waals surface area contributed by atoms with Crippen LogP contribution in [0.4, 0.5) is 17.1 Å². The summed E-state index contributed by atoms with van der Waals surface area (Å²) in [5.74, 6) is -0.444. The van der Waals surface area contributed by atoms with Crippen molar-refractivity contribution in [3.63, 3.8) is 0 Å². The molecule has 1 aliphatic heterocycles. The van der Waals surface area contributed by atoms with Crippen LogP contribution in [0.2, 0.25) is 0 Å². The number of nitriles is 1. The number of rotatable bonds is 4. The van der Waals surface area contributed by atoms with Crippen LogP contribution in [0.15, 0.2) is 36.7 Å². The maximum Gasteiger partial charge on any atom is 0.276 e. The number of nitrogens with two attached hydrogens (primary N) is 2. The number of nitrogen functional groups attached to an aromatic ring is 1. The van der Waals surface area contributed by atoms with Crippen molar-refractivity contribution in [1.82, 2.24) is 9.97 Å². The molecule has 1 saturated heterocycles. The third kappa shape index (κ3) is 4.13. The highest BCUT2D eigenvalue weighted by Crippen LogP contribution is 2.32. The molecular weight excluding hydrogens is 390 g/mol. The summed E-state index contributed by atoms with van der Waals surface area (Å²) in [6.07, 6.45) is 5.77. The average Bonchev–Trinajstić information content (AvgIpc) is 2.78. The van der Waals surface area contributed by atoms with Crippen LogP contribution in [-0.2, 0) is 6.42 Å². The molecule has 1 amide bonds. The third-order valence-corrected chi connectivity index (χ3v) is 5.60. The number of carbonyl (C=O) groups is 1. The second-order valence-corrected chi connectivity index (χ2v) is 7.80. The van der Waals surface area contributed by atoms with Gasteiger partial charge in [-0.2, -0.15) is 5.26 Å². The van der Waals surface area contributed by atoms with Gasteiger partial charge in [0.25, 0.3) is 5.91 Å². The first-order valence-corrected chi connectivity index (χ1v) is 10.4. The van der Waals surface area contributed by atoms with Crippen LogP contribution >= 0.6 is 0 Å². The number of pyridine rings is 2. The van der Waals surface area contributed by atoms with Crippen molar-refractivity contribution in [3.8, 4) is 6.07 Å². The number of carbonyl (C=O) groups excluding carboxylic acids is 1. The summed E-state index contributed by atoms with van der Waals surface area (Å²) in [5.41, 5.74) is 16.0. The van der Waals surface area contributed by atoms with Gasteiger partial charge in [0.1, 0.15) is 6.07 Å². The lowest BCUT2D eigenvalue weighted by Gasteiger charge is -2.34. The largest absolute Gasteiger partial charge is 0.397 e. The highest BCUT2D eigenvalue weighted by Gasteiger charge is 2.24. The quantitative estimate of drug-likeness (QED) is 0.596. The van der Waals surface area contributed by atoms with E-state index in [0.717, 1.165) is 36.8 Å². The molecule has 8 nitrogen and oxygen atoms in total. The summed E-state index contributed by atoms with van der Waals surface area (Å²) in [7, 11) is 0. The SMILES string of the molecule is CCc1ccc2cc(N)c(C(=O)Nc3cncc(C#N)c3N3CCC[C@H](N)C3)nc2c1. The molecule has 31 heavy (non-hydrogen) atoms. The van der Waals surface area contributed by atoms with E-state index in [1.807, 2.05) is 23.1 Å². The number of hydrogen-bond acceptors (Lipinski definition) is 7. The molecule has 0 radical (unpaired) electrons. The normalized spacial score (nSPS) is 16.2. The van der Waals surface area contributed by atoms with Gasteiger partial charge >= 0.3 is 0 Å². The first kappa shape index (κ1) is 20.6. The van der Waals surface area contributed by atoms with Crippen LogP contribution in [0.1, 0.15) is 41.4 Å². The Morgan fingerprint density at radius 1 is 1.35 bits per heavy atom. The van der Waals surface area contributed by atoms with E-state index in [0.29, 0.717) is 34.7 Å². The summed E-state index contributed by atoms with van der Waals surface area (Å²) in [6.45, 7) is 3.43. The van der Waals surface area contributed by atoms with E-state index in [4.69, 9.17) is 11.5 Å². The van der Waals surface area contributed by atoms with Crippen molar-refractivity contribution in [1.29, 1.82) is 5.26 Å². The molecule has 1 aliphatic rings. The summed E-state index contributed by atoms with van der Waals surface area (Å²) >= 11 is 0. The zero-order chi connectivity index (χ0) is 22.0. The number of nitrogens with zero attached hydrogens (tertiary/aromatic N) is 4. The first-order valence-electron chi connectivity index (χ1n) is 10.4. The van der Waals surface area contributed by atoms with Gasteiger partial charge in [0.2, 0.25) is 0 Å². The fraction of sp³-hybridized carbons (Fsp3) is 0.304. The molecule has 1 aromatic carbocycles. The third-order valence-electron chi connectivity index (χ3n) is 5.60. The molecule has 2 aromatic heterocycles. The van der Waals surface area contributed by atoms with Crippen molar-refractivity contribution in [2.24, 2.45) is 5.73 Å². The first-order chi connectivity index (χ1) is 15.0. The van der Waals surface area contributed by atoms with Crippen molar-refractivity contribution in [2.45, 2.75) is 32.2 Å². The van der Waals surface area contributed by atoms with Gasteiger partial charge in [-0.05, 0) is 37.0 Å². The van der Waals surface area contributed by atoms with E-state index in [-0.39, 0.29) is 11.7 Å². The van der Waals surface area contributed by atoms with E-state index < -0.39 is 5.91 Å². The fourth-order valence-electron chi connectivity index (χ4n) is 3.99. The maximum atomic E-state index is 13.1. The molecule has 4 rings (SSSR count). The lowest BCUT2D eigenvalue weighted by molar-refractivity contribution is 0.102. The number of aryl methyl sites for hydroxylation is 1. The molecule has 0 aliphatic carbocycles. The van der Waals surface area contributed by atoms with E-state index in [1.54, 1.807) is 12.3 Å². The Kier molecular flexibility index (Phi) is 5.69. The Hall–Kier alpha value is -3.70. The molecule has 0 spiro atoms. The van der Waals surface area contributed by atoms with Crippen LogP contribution in [0.3, 0.4) is 0 Å². The zero-order valence-corrected chi connectivity index (χ0v) is 17.4. The Bertz CT molecular complexity index is 1180. The fourth-order valence-corrected chi connectivity index (χ4v) is 3.99. The Balaban J connectivity index is 1.70. The monoisotopic (exact) mass is 415 g/mol. The maximum absolute atomic E-state index is 13.1. The summed E-state index contributed by atoms with van der Waals surface area (Å²) < 4.78 is 0. The number of anilines is 3. The zero-order valence-electron chi connectivity index (χ0n) is 17.4. The Morgan fingerprint density at radius 2 is 2.19 bits per heavy atom. The molecule has 1 atom stereocenters. The molecule has 0 saturated carbocycles. The number of piperidine rings is 1. The smallest absolute Gasteiger partial charge is 0.276 e. The number of fused-ring (bicyclic) bond motifs is 1. The number of nitrogens with one attached hydrogen (secondary N) is 1. The van der Waals surface area contributed by atoms with E-state index in [9.17, 15) is 10.1 Å². The summed E-state index contributed by atoms with van der Waals surface area (Å²) in [5, 5.41) is 13.4. The molecule has 3 aromatic rings. The summed E-state index contributed by atoms with van der Waals surface area (Å²) in [6, 6.07) is 9.89. The number of aromatic nitrogens is 2. The number of benzene rings is 1. The van der Waals surface area contributed by atoms with Crippen molar-refractivity contribution < 1.29 is 4.79 Å². The van der Waals surface area contributed by atoms with Crippen LogP contribution < -0.4 is 21.7 Å². The molecular formula is C23H25N7O. The summed E-state index contributed by atoms with van der Waals surface area (Å²) in [4.78, 5) is 23.8. The van der Waals surface area contributed by atoms with E-state index >= 15 is 0 Å². The molecule has 8 heteroatoms. The predicted octanol–water partition coefficient (Wildman–Crippen LogP) is 2.83. The predicted molar refractivity (Wildman–Crippen MR) is 122 cm³/mol. The van der Waals surface area contributed by atoms with Crippen LogP contribution in [0, 0.1) is 11.3 Å². The standard InChI is InChI=1S/C23H25N7O/c1-2-14-5-6-15-9-18(26)21(28-19(15)8-14)23(31)29-20-12-27-11-16(10-24)22(20)30-7-3-4-17(25)13-30/h5-6,8-9,11-12,17H,2-4,7,13,25-26H2,1H3,(H,29,31)/t17-/m0/s1. The van der Waals surface area contributed by atoms with Gasteiger partial charge < -0.3 is 21.7 Å². The van der Waals surface area contributed by atoms with Gasteiger partial charge in [-0.25, -0.2) is 4.98 Å². The molecule has 158 valence electrons. The highest BCUT2D eigenvalue weighted by atomic mass is 16.1. The van der Waals surface area contributed by atoms with Crippen molar-refractivity contribution in [3.05, 3.63) is 53.5 Å². The van der Waals surface area contributed by atoms with Crippen molar-refractivity contribution >= 4 is 33.9 Å². The lowest BCUT2D eigenvalue weighted by Crippen LogP contribution is -2.43. The second kappa shape index (κ2) is 8.58. The van der Waals surface area contributed by atoms with Crippen LogP contribution in [0.25, 0.3) is 10.9 Å². The average molecular weight is 416 g/mol. The molecule has 0 unspecified atom stereocenters. The van der Waals surface area contributed by atoms with Gasteiger partial charge in [0, 0.05) is 30.7 Å². The minimum atomic E-state index is -0.444. The van der Waals surface area contributed by atoms with Gasteiger partial charge in [0.05, 0.1) is 34.3 Å². The number of amides is 1. The molecule has 0 bridgehead atoms. The van der Waals surface area contributed by atoms with Crippen LogP contribution in [0.5, 0.6) is 0 Å². The topological polar surface area (TPSA) is 134 Å². The molecule has 3 heterocycles. The Labute approximate surface area is 180 Å². The van der Waals surface area contributed by atoms with Crippen molar-refractivity contribution in [2.75, 3.05) is 29.0 Å². The second-order valence-electron chi connectivity index (χ2n) is 7.80. The Morgan fingerprint density at radius 3 is 2.94 bits per heavy atom. The van der Waals surface area contributed by atoms with Crippen LogP contribution in [-0.4, -0.2) is 35.0 Å². The van der Waals surface area contributed by atoms with Gasteiger partial charge in [-0.1, -0.05) is 19.1 Å². The van der Waals surface area contributed by atoms with Gasteiger partial charge in [-0.3, -0.25) is 9.78 Å². The number of hydrogen-bond donors (Lipinski definition) is 3. The minimum absolute atomic E-state index is 0.0163. The van der Waals surface area contributed by atoms with E-state index in [2.05, 4.69) is 28.3 Å². The molecule has 1 fully saturated rings. The minimum Gasteiger partial charge on any atom is -0.397 e. The lowest BCUT2D eigenvalue weighted by atomic mass is 10.0. The van der Waals surface area contributed by atoms with Gasteiger partial charge in [-0.15, -0.1) is 0 Å². The van der Waals surface area contributed by atoms with Gasteiger partial charge in [0.15, 0.2) is 5.69 Å². The van der Waals surface area contributed by atoms with E-state index in [1.165, 1.54) is 6.20 Å².